The minimum Gasteiger partial charge on any atom is -0.361 e. The molecule has 0 radical (unpaired) electrons. The van der Waals surface area contributed by atoms with Crippen molar-refractivity contribution < 1.29 is 4.79 Å². The van der Waals surface area contributed by atoms with E-state index in [4.69, 9.17) is 12.2 Å². The zero-order valence-electron chi connectivity index (χ0n) is 16.8. The highest BCUT2D eigenvalue weighted by Gasteiger charge is 2.11. The van der Waals surface area contributed by atoms with E-state index in [1.807, 2.05) is 13.0 Å². The van der Waals surface area contributed by atoms with Gasteiger partial charge >= 0.3 is 0 Å². The lowest BCUT2D eigenvalue weighted by Gasteiger charge is -2.17. The smallest absolute Gasteiger partial charge is 0.269 e. The van der Waals surface area contributed by atoms with Crippen molar-refractivity contribution in [1.29, 1.82) is 0 Å². The summed E-state index contributed by atoms with van der Waals surface area (Å²) in [6.07, 6.45) is 4.74. The first-order valence-electron chi connectivity index (χ1n) is 9.81. The summed E-state index contributed by atoms with van der Waals surface area (Å²) in [4.78, 5) is 16.9. The molecule has 0 saturated heterocycles. The van der Waals surface area contributed by atoms with Crippen LogP contribution in [0, 0.1) is 12.8 Å². The van der Waals surface area contributed by atoms with Gasteiger partial charge in [-0.25, -0.2) is 4.98 Å². The molecule has 1 aromatic carbocycles. The Morgan fingerprint density at radius 2 is 2.04 bits per heavy atom. The summed E-state index contributed by atoms with van der Waals surface area (Å²) in [6.45, 7) is 10.1. The van der Waals surface area contributed by atoms with Crippen LogP contribution < -0.4 is 16.2 Å². The fourth-order valence-corrected chi connectivity index (χ4v) is 3.34. The number of thiocarbonyl (C=S) groups is 1. The van der Waals surface area contributed by atoms with Crippen LogP contribution in [0.5, 0.6) is 0 Å². The van der Waals surface area contributed by atoms with Gasteiger partial charge in [-0.15, -0.1) is 0 Å². The van der Waals surface area contributed by atoms with E-state index in [0.717, 1.165) is 36.4 Å². The SMILES string of the molecule is CCCC[C@@H](CC)CNC(=S)NNC(=O)c1ccc2c(c1)nc(C)n2CC. The maximum absolute atomic E-state index is 12.4. The van der Waals surface area contributed by atoms with Crippen LogP contribution in [0.15, 0.2) is 18.2 Å². The van der Waals surface area contributed by atoms with Gasteiger partial charge in [0, 0.05) is 18.7 Å². The number of carbonyl (C=O) groups is 1. The lowest BCUT2D eigenvalue weighted by molar-refractivity contribution is 0.0943. The summed E-state index contributed by atoms with van der Waals surface area (Å²) in [6, 6.07) is 5.55. The highest BCUT2D eigenvalue weighted by atomic mass is 32.1. The number of imidazole rings is 1. The van der Waals surface area contributed by atoms with Crippen molar-refractivity contribution in [2.75, 3.05) is 6.54 Å². The van der Waals surface area contributed by atoms with E-state index in [9.17, 15) is 4.79 Å². The summed E-state index contributed by atoms with van der Waals surface area (Å²) in [5, 5.41) is 3.62. The summed E-state index contributed by atoms with van der Waals surface area (Å²) in [5.41, 5.74) is 7.85. The normalized spacial score (nSPS) is 12.0. The van der Waals surface area contributed by atoms with Crippen molar-refractivity contribution in [2.45, 2.75) is 59.9 Å². The largest absolute Gasteiger partial charge is 0.361 e. The number of hydrazine groups is 1. The molecule has 0 aliphatic rings. The van der Waals surface area contributed by atoms with Gasteiger partial charge in [0.1, 0.15) is 5.82 Å². The van der Waals surface area contributed by atoms with Crippen molar-refractivity contribution >= 4 is 34.3 Å². The molecular weight excluding hydrogens is 358 g/mol. The molecule has 0 spiro atoms. The van der Waals surface area contributed by atoms with Crippen LogP contribution in [0.4, 0.5) is 0 Å². The molecule has 2 aromatic rings. The van der Waals surface area contributed by atoms with Gasteiger partial charge < -0.3 is 9.88 Å². The average molecular weight is 390 g/mol. The molecule has 7 heteroatoms. The number of fused-ring (bicyclic) bond motifs is 1. The van der Waals surface area contributed by atoms with Crippen LogP contribution in [0.25, 0.3) is 11.0 Å². The van der Waals surface area contributed by atoms with E-state index in [0.29, 0.717) is 16.6 Å². The molecule has 0 aliphatic carbocycles. The Bertz CT molecular complexity index is 786. The average Bonchev–Trinajstić information content (AvgIpc) is 3.00. The maximum Gasteiger partial charge on any atom is 0.269 e. The van der Waals surface area contributed by atoms with E-state index in [1.165, 1.54) is 19.3 Å². The standard InChI is InChI=1S/C20H31N5OS/c1-5-8-9-15(6-2)13-21-20(27)24-23-19(26)16-10-11-18-17(12-16)22-14(4)25(18)7-3/h10-12,15H,5-9,13H2,1-4H3,(H,23,26)(H2,21,24,27)/t15-/m1/s1. The highest BCUT2D eigenvalue weighted by molar-refractivity contribution is 7.80. The number of hydrogen-bond donors (Lipinski definition) is 3. The molecule has 1 amide bonds. The Hall–Kier alpha value is -2.15. The molecule has 148 valence electrons. The Labute approximate surface area is 167 Å². The van der Waals surface area contributed by atoms with Gasteiger partial charge in [0.05, 0.1) is 11.0 Å². The van der Waals surface area contributed by atoms with Gasteiger partial charge in [-0.1, -0.05) is 33.1 Å². The second kappa shape index (κ2) is 10.3. The van der Waals surface area contributed by atoms with Crippen molar-refractivity contribution in [2.24, 2.45) is 5.92 Å². The zero-order valence-corrected chi connectivity index (χ0v) is 17.6. The lowest BCUT2D eigenvalue weighted by atomic mass is 9.99. The van der Waals surface area contributed by atoms with Crippen LogP contribution >= 0.6 is 12.2 Å². The third kappa shape index (κ3) is 5.66. The van der Waals surface area contributed by atoms with Crippen LogP contribution in [-0.4, -0.2) is 27.1 Å². The number of unbranched alkanes of at least 4 members (excludes halogenated alkanes) is 1. The molecule has 0 unspecified atom stereocenters. The fourth-order valence-electron chi connectivity index (χ4n) is 3.20. The third-order valence-corrected chi connectivity index (χ3v) is 5.15. The first-order valence-corrected chi connectivity index (χ1v) is 10.2. The number of nitrogens with one attached hydrogen (secondary N) is 3. The van der Waals surface area contributed by atoms with Gasteiger partial charge in [-0.3, -0.25) is 15.6 Å². The topological polar surface area (TPSA) is 71.0 Å². The Balaban J connectivity index is 1.88. The Morgan fingerprint density at radius 1 is 1.26 bits per heavy atom. The monoisotopic (exact) mass is 389 g/mol. The van der Waals surface area contributed by atoms with Crippen LogP contribution in [-0.2, 0) is 6.54 Å². The lowest BCUT2D eigenvalue weighted by Crippen LogP contribution is -2.47. The predicted octanol–water partition coefficient (Wildman–Crippen LogP) is 3.69. The number of benzene rings is 1. The molecule has 3 N–H and O–H groups in total. The zero-order chi connectivity index (χ0) is 19.8. The first-order chi connectivity index (χ1) is 13.0. The van der Waals surface area contributed by atoms with Crippen molar-refractivity contribution in [3.63, 3.8) is 0 Å². The third-order valence-electron chi connectivity index (χ3n) is 4.90. The quantitative estimate of drug-likeness (QED) is 0.474. The van der Waals surface area contributed by atoms with Gasteiger partial charge in [-0.05, 0) is 56.6 Å². The number of rotatable bonds is 8. The Kier molecular flexibility index (Phi) is 8.03. The first kappa shape index (κ1) is 21.2. The molecule has 1 heterocycles. The van der Waals surface area contributed by atoms with E-state index >= 15 is 0 Å². The summed E-state index contributed by atoms with van der Waals surface area (Å²) in [7, 11) is 0. The van der Waals surface area contributed by atoms with Crippen LogP contribution in [0.1, 0.15) is 62.6 Å². The van der Waals surface area contributed by atoms with Crippen LogP contribution in [0.2, 0.25) is 0 Å². The number of aromatic nitrogens is 2. The number of amides is 1. The summed E-state index contributed by atoms with van der Waals surface area (Å²) >= 11 is 5.26. The van der Waals surface area contributed by atoms with E-state index in [-0.39, 0.29) is 5.91 Å². The van der Waals surface area contributed by atoms with Gasteiger partial charge in [0.2, 0.25) is 0 Å². The second-order valence-corrected chi connectivity index (χ2v) is 7.22. The van der Waals surface area contributed by atoms with Crippen molar-refractivity contribution in [3.05, 3.63) is 29.6 Å². The van der Waals surface area contributed by atoms with E-state index in [2.05, 4.69) is 46.5 Å². The van der Waals surface area contributed by atoms with Crippen molar-refractivity contribution in [1.82, 2.24) is 25.7 Å². The molecule has 0 saturated carbocycles. The molecule has 0 fully saturated rings. The molecule has 0 aliphatic heterocycles. The molecule has 0 bridgehead atoms. The minimum absolute atomic E-state index is 0.234. The second-order valence-electron chi connectivity index (χ2n) is 6.81. The number of aryl methyl sites for hydroxylation is 2. The molecule has 1 aromatic heterocycles. The van der Waals surface area contributed by atoms with Gasteiger partial charge in [-0.2, -0.15) is 0 Å². The molecule has 1 atom stereocenters. The molecule has 27 heavy (non-hydrogen) atoms. The Morgan fingerprint density at radius 3 is 2.70 bits per heavy atom. The van der Waals surface area contributed by atoms with Crippen molar-refractivity contribution in [3.8, 4) is 0 Å². The van der Waals surface area contributed by atoms with Gasteiger partial charge in [0.15, 0.2) is 5.11 Å². The minimum atomic E-state index is -0.234. The molecular formula is C20H31N5OS. The molecule has 2 rings (SSSR count). The van der Waals surface area contributed by atoms with Crippen LogP contribution in [0.3, 0.4) is 0 Å². The number of hydrogen-bond acceptors (Lipinski definition) is 3. The van der Waals surface area contributed by atoms with E-state index < -0.39 is 0 Å². The summed E-state index contributed by atoms with van der Waals surface area (Å²) in [5.74, 6) is 1.31. The summed E-state index contributed by atoms with van der Waals surface area (Å²) < 4.78 is 2.12. The molecule has 6 nitrogen and oxygen atoms in total. The predicted molar refractivity (Wildman–Crippen MR) is 115 cm³/mol. The maximum atomic E-state index is 12.4. The highest BCUT2D eigenvalue weighted by Crippen LogP contribution is 2.17. The van der Waals surface area contributed by atoms with Gasteiger partial charge in [0.25, 0.3) is 5.91 Å². The van der Waals surface area contributed by atoms with E-state index in [1.54, 1.807) is 12.1 Å². The fraction of sp³-hybridized carbons (Fsp3) is 0.550. The number of nitrogens with zero attached hydrogens (tertiary/aromatic N) is 2. The number of carbonyl (C=O) groups excluding carboxylic acids is 1.